The first-order valence-electron chi connectivity index (χ1n) is 6.32. The quantitative estimate of drug-likeness (QED) is 0.531. The lowest BCUT2D eigenvalue weighted by Gasteiger charge is -2.22. The van der Waals surface area contributed by atoms with Crippen molar-refractivity contribution in [2.24, 2.45) is 0 Å². The monoisotopic (exact) mass is 229 g/mol. The van der Waals surface area contributed by atoms with E-state index in [9.17, 15) is 4.79 Å². The predicted molar refractivity (Wildman–Crippen MR) is 62.3 cm³/mol. The molecule has 1 saturated heterocycles. The molecule has 1 rings (SSSR count). The summed E-state index contributed by atoms with van der Waals surface area (Å²) >= 11 is 0. The Morgan fingerprint density at radius 2 is 2.19 bits per heavy atom. The van der Waals surface area contributed by atoms with Crippen LogP contribution >= 0.6 is 0 Å². The fourth-order valence-corrected chi connectivity index (χ4v) is 1.70. The van der Waals surface area contributed by atoms with Crippen molar-refractivity contribution in [2.45, 2.75) is 45.1 Å². The summed E-state index contributed by atoms with van der Waals surface area (Å²) in [6, 6.07) is -0.260. The average molecular weight is 229 g/mol. The summed E-state index contributed by atoms with van der Waals surface area (Å²) in [5, 5.41) is 3.08. The summed E-state index contributed by atoms with van der Waals surface area (Å²) in [4.78, 5) is 11.5. The number of nitrogens with one attached hydrogen (secondary N) is 1. The molecule has 1 unspecified atom stereocenters. The van der Waals surface area contributed by atoms with Crippen LogP contribution in [0.15, 0.2) is 0 Å². The number of esters is 1. The Labute approximate surface area is 97.7 Å². The Morgan fingerprint density at radius 3 is 2.88 bits per heavy atom. The second-order valence-corrected chi connectivity index (χ2v) is 4.16. The maximum atomic E-state index is 11.5. The van der Waals surface area contributed by atoms with E-state index in [1.54, 1.807) is 0 Å². The zero-order chi connectivity index (χ0) is 11.6. The minimum Gasteiger partial charge on any atom is -0.464 e. The zero-order valence-electron chi connectivity index (χ0n) is 10.2. The molecule has 0 bridgehead atoms. The number of ether oxygens (including phenoxy) is 2. The normalized spacial score (nSPS) is 20.7. The highest BCUT2D eigenvalue weighted by Crippen LogP contribution is 2.03. The van der Waals surface area contributed by atoms with E-state index in [-0.39, 0.29) is 12.0 Å². The first-order chi connectivity index (χ1) is 7.84. The first-order valence-corrected chi connectivity index (χ1v) is 6.32. The van der Waals surface area contributed by atoms with Crippen molar-refractivity contribution < 1.29 is 14.3 Å². The molecule has 94 valence electrons. The smallest absolute Gasteiger partial charge is 0.325 e. The number of hydrogen-bond donors (Lipinski definition) is 1. The minimum atomic E-state index is -0.260. The fraction of sp³-hybridized carbons (Fsp3) is 0.917. The number of unbranched alkanes of at least 4 members (excludes halogenated alkanes) is 4. The molecular formula is C12H23NO3. The van der Waals surface area contributed by atoms with Crippen molar-refractivity contribution in [1.82, 2.24) is 5.32 Å². The molecule has 0 saturated carbocycles. The zero-order valence-corrected chi connectivity index (χ0v) is 10.2. The second-order valence-electron chi connectivity index (χ2n) is 4.16. The molecule has 0 aromatic carbocycles. The third kappa shape index (κ3) is 5.47. The molecule has 0 radical (unpaired) electrons. The predicted octanol–water partition coefficient (Wildman–Crippen LogP) is 1.49. The van der Waals surface area contributed by atoms with Crippen molar-refractivity contribution in [3.63, 3.8) is 0 Å². The van der Waals surface area contributed by atoms with Crippen molar-refractivity contribution in [3.8, 4) is 0 Å². The van der Waals surface area contributed by atoms with Crippen LogP contribution in [0.4, 0.5) is 0 Å². The third-order valence-corrected chi connectivity index (χ3v) is 2.70. The Morgan fingerprint density at radius 1 is 1.38 bits per heavy atom. The van der Waals surface area contributed by atoms with Gasteiger partial charge >= 0.3 is 5.97 Å². The molecule has 1 fully saturated rings. The van der Waals surface area contributed by atoms with Crippen molar-refractivity contribution >= 4 is 5.97 Å². The molecule has 0 aromatic heterocycles. The maximum Gasteiger partial charge on any atom is 0.325 e. The standard InChI is InChI=1S/C12H23NO3/c1-2-3-4-5-6-8-16-12(14)11-10-15-9-7-13-11/h11,13H,2-10H2,1H3. The minimum absolute atomic E-state index is 0.171. The Balaban J connectivity index is 1.97. The molecule has 16 heavy (non-hydrogen) atoms. The highest BCUT2D eigenvalue weighted by atomic mass is 16.5. The summed E-state index contributed by atoms with van der Waals surface area (Å²) in [5.41, 5.74) is 0. The van der Waals surface area contributed by atoms with Crippen molar-refractivity contribution in [2.75, 3.05) is 26.4 Å². The van der Waals surface area contributed by atoms with Crippen LogP contribution in [0.1, 0.15) is 39.0 Å². The molecule has 0 aromatic rings. The van der Waals surface area contributed by atoms with Crippen LogP contribution in [0.2, 0.25) is 0 Å². The van der Waals surface area contributed by atoms with Crippen LogP contribution in [0.5, 0.6) is 0 Å². The molecule has 1 aliphatic heterocycles. The highest BCUT2D eigenvalue weighted by molar-refractivity contribution is 5.76. The van der Waals surface area contributed by atoms with Gasteiger partial charge in [0.25, 0.3) is 0 Å². The Bertz CT molecular complexity index is 191. The number of hydrogen-bond acceptors (Lipinski definition) is 4. The molecule has 1 atom stereocenters. The first kappa shape index (κ1) is 13.5. The number of morpholine rings is 1. The van der Waals surface area contributed by atoms with Crippen molar-refractivity contribution in [1.29, 1.82) is 0 Å². The summed E-state index contributed by atoms with van der Waals surface area (Å²) in [5.74, 6) is -0.171. The van der Waals surface area contributed by atoms with Crippen LogP contribution in [-0.2, 0) is 14.3 Å². The second kappa shape index (κ2) is 8.53. The highest BCUT2D eigenvalue weighted by Gasteiger charge is 2.22. The van der Waals surface area contributed by atoms with Gasteiger partial charge in [-0.2, -0.15) is 0 Å². The van der Waals surface area contributed by atoms with E-state index < -0.39 is 0 Å². The lowest BCUT2D eigenvalue weighted by molar-refractivity contribution is -0.149. The largest absolute Gasteiger partial charge is 0.464 e. The van der Waals surface area contributed by atoms with E-state index in [4.69, 9.17) is 9.47 Å². The molecule has 0 amide bonds. The summed E-state index contributed by atoms with van der Waals surface area (Å²) in [7, 11) is 0. The van der Waals surface area contributed by atoms with E-state index in [1.807, 2.05) is 0 Å². The summed E-state index contributed by atoms with van der Waals surface area (Å²) in [6.07, 6.45) is 5.86. The van der Waals surface area contributed by atoms with Gasteiger partial charge in [-0.1, -0.05) is 32.6 Å². The van der Waals surface area contributed by atoms with Gasteiger partial charge < -0.3 is 14.8 Å². The molecule has 4 heteroatoms. The van der Waals surface area contributed by atoms with Crippen LogP contribution in [0.3, 0.4) is 0 Å². The lowest BCUT2D eigenvalue weighted by atomic mass is 10.2. The molecule has 4 nitrogen and oxygen atoms in total. The maximum absolute atomic E-state index is 11.5. The van der Waals surface area contributed by atoms with Crippen molar-refractivity contribution in [3.05, 3.63) is 0 Å². The van der Waals surface area contributed by atoms with Crippen LogP contribution < -0.4 is 5.32 Å². The number of carbonyl (C=O) groups excluding carboxylic acids is 1. The lowest BCUT2D eigenvalue weighted by Crippen LogP contribution is -2.47. The molecule has 1 aliphatic rings. The summed E-state index contributed by atoms with van der Waals surface area (Å²) in [6.45, 7) is 4.58. The topological polar surface area (TPSA) is 47.6 Å². The van der Waals surface area contributed by atoms with Crippen LogP contribution in [0, 0.1) is 0 Å². The van der Waals surface area contributed by atoms with Gasteiger partial charge in [0.2, 0.25) is 0 Å². The van der Waals surface area contributed by atoms with Gasteiger partial charge in [-0.15, -0.1) is 0 Å². The Hall–Kier alpha value is -0.610. The van der Waals surface area contributed by atoms with E-state index >= 15 is 0 Å². The molecular weight excluding hydrogens is 206 g/mol. The summed E-state index contributed by atoms with van der Waals surface area (Å²) < 4.78 is 10.4. The van der Waals surface area contributed by atoms with Crippen LogP contribution in [0.25, 0.3) is 0 Å². The number of rotatable bonds is 7. The van der Waals surface area contributed by atoms with Gasteiger partial charge in [-0.3, -0.25) is 4.79 Å². The fourth-order valence-electron chi connectivity index (χ4n) is 1.70. The molecule has 1 N–H and O–H groups in total. The van der Waals surface area contributed by atoms with Gasteiger partial charge in [-0.25, -0.2) is 0 Å². The SMILES string of the molecule is CCCCCCCOC(=O)C1COCCN1. The van der Waals surface area contributed by atoms with Gasteiger partial charge in [0.15, 0.2) is 0 Å². The number of carbonyl (C=O) groups is 1. The third-order valence-electron chi connectivity index (χ3n) is 2.70. The Kier molecular flexibility index (Phi) is 7.17. The average Bonchev–Trinajstić information content (AvgIpc) is 2.34. The van der Waals surface area contributed by atoms with Gasteiger partial charge in [-0.05, 0) is 6.42 Å². The van der Waals surface area contributed by atoms with E-state index in [1.165, 1.54) is 19.3 Å². The van der Waals surface area contributed by atoms with Crippen LogP contribution in [-0.4, -0.2) is 38.4 Å². The molecule has 1 heterocycles. The van der Waals surface area contributed by atoms with Gasteiger partial charge in [0, 0.05) is 6.54 Å². The molecule has 0 spiro atoms. The molecule has 0 aliphatic carbocycles. The van der Waals surface area contributed by atoms with Gasteiger partial charge in [0.05, 0.1) is 19.8 Å². The van der Waals surface area contributed by atoms with E-state index in [0.29, 0.717) is 19.8 Å². The van der Waals surface area contributed by atoms with E-state index in [0.717, 1.165) is 19.4 Å². The van der Waals surface area contributed by atoms with Gasteiger partial charge in [0.1, 0.15) is 6.04 Å². The van der Waals surface area contributed by atoms with E-state index in [2.05, 4.69) is 12.2 Å².